The molecule has 0 fully saturated rings. The van der Waals surface area contributed by atoms with Crippen LogP contribution in [-0.4, -0.2) is 24.0 Å². The fourth-order valence-electron chi connectivity index (χ4n) is 2.04. The number of nitrogens with zero attached hydrogens (tertiary/aromatic N) is 2. The Kier molecular flexibility index (Phi) is 5.76. The molecular formula is C17H22N4. The van der Waals surface area contributed by atoms with Crippen molar-refractivity contribution in [1.82, 2.24) is 15.6 Å². The molecular weight excluding hydrogens is 260 g/mol. The van der Waals surface area contributed by atoms with Crippen molar-refractivity contribution in [2.24, 2.45) is 4.99 Å². The first-order valence-electron chi connectivity index (χ1n) is 7.36. The Balaban J connectivity index is 2.12. The third-order valence-electron chi connectivity index (χ3n) is 3.00. The second-order valence-electron chi connectivity index (χ2n) is 4.64. The molecule has 4 heteroatoms. The molecule has 0 aliphatic carbocycles. The predicted molar refractivity (Wildman–Crippen MR) is 88.2 cm³/mol. The smallest absolute Gasteiger partial charge is 0.191 e. The summed E-state index contributed by atoms with van der Waals surface area (Å²) in [6.45, 7) is 6.50. The van der Waals surface area contributed by atoms with Crippen molar-refractivity contribution in [3.63, 3.8) is 0 Å². The quantitative estimate of drug-likeness (QED) is 0.655. The van der Waals surface area contributed by atoms with Crippen molar-refractivity contribution >= 4 is 5.96 Å². The summed E-state index contributed by atoms with van der Waals surface area (Å²) in [5, 5.41) is 6.45. The zero-order valence-electron chi connectivity index (χ0n) is 12.6. The summed E-state index contributed by atoms with van der Waals surface area (Å²) in [6.07, 6.45) is 1.81. The van der Waals surface area contributed by atoms with E-state index in [0.717, 1.165) is 30.3 Å². The maximum atomic E-state index is 4.58. The highest BCUT2D eigenvalue weighted by Crippen LogP contribution is 2.18. The van der Waals surface area contributed by atoms with Crippen LogP contribution in [0.15, 0.2) is 53.7 Å². The van der Waals surface area contributed by atoms with Crippen molar-refractivity contribution in [1.29, 1.82) is 0 Å². The van der Waals surface area contributed by atoms with Crippen molar-refractivity contribution in [2.45, 2.75) is 20.4 Å². The van der Waals surface area contributed by atoms with Crippen molar-refractivity contribution < 1.29 is 0 Å². The molecule has 1 aromatic heterocycles. The summed E-state index contributed by atoms with van der Waals surface area (Å²) in [6, 6.07) is 14.3. The highest BCUT2D eigenvalue weighted by molar-refractivity contribution is 5.79. The van der Waals surface area contributed by atoms with E-state index in [9.17, 15) is 0 Å². The fourth-order valence-corrected chi connectivity index (χ4v) is 2.04. The van der Waals surface area contributed by atoms with Crippen LogP contribution in [0.2, 0.25) is 0 Å². The van der Waals surface area contributed by atoms with E-state index in [4.69, 9.17) is 0 Å². The van der Waals surface area contributed by atoms with Gasteiger partial charge in [-0.1, -0.05) is 24.3 Å². The van der Waals surface area contributed by atoms with Gasteiger partial charge in [-0.05, 0) is 37.6 Å². The lowest BCUT2D eigenvalue weighted by Crippen LogP contribution is -2.36. The number of hydrogen-bond acceptors (Lipinski definition) is 2. The van der Waals surface area contributed by atoms with E-state index in [1.165, 1.54) is 5.56 Å². The van der Waals surface area contributed by atoms with Crippen LogP contribution < -0.4 is 10.6 Å². The van der Waals surface area contributed by atoms with Gasteiger partial charge in [0.25, 0.3) is 0 Å². The molecule has 0 radical (unpaired) electrons. The van der Waals surface area contributed by atoms with Crippen molar-refractivity contribution in [3.8, 4) is 11.3 Å². The van der Waals surface area contributed by atoms with E-state index in [2.05, 4.69) is 58.7 Å². The van der Waals surface area contributed by atoms with Gasteiger partial charge in [-0.3, -0.25) is 4.98 Å². The van der Waals surface area contributed by atoms with Crippen molar-refractivity contribution in [3.05, 3.63) is 54.2 Å². The molecule has 2 aromatic rings. The molecule has 0 aliphatic heterocycles. The molecule has 21 heavy (non-hydrogen) atoms. The van der Waals surface area contributed by atoms with Crippen LogP contribution >= 0.6 is 0 Å². The lowest BCUT2D eigenvalue weighted by atomic mass is 10.1. The van der Waals surface area contributed by atoms with Crippen LogP contribution in [0, 0.1) is 0 Å². The third kappa shape index (κ3) is 4.60. The lowest BCUT2D eigenvalue weighted by Gasteiger charge is -2.09. The minimum atomic E-state index is 0.649. The summed E-state index contributed by atoms with van der Waals surface area (Å²) in [7, 11) is 0. The van der Waals surface area contributed by atoms with Crippen LogP contribution in [0.5, 0.6) is 0 Å². The largest absolute Gasteiger partial charge is 0.357 e. The molecule has 0 aliphatic rings. The Morgan fingerprint density at radius 3 is 2.52 bits per heavy atom. The third-order valence-corrected chi connectivity index (χ3v) is 3.00. The fraction of sp³-hybridized carbons (Fsp3) is 0.294. The summed E-state index contributed by atoms with van der Waals surface area (Å²) in [5.41, 5.74) is 3.28. The number of hydrogen-bond donors (Lipinski definition) is 2. The zero-order valence-corrected chi connectivity index (χ0v) is 12.6. The predicted octanol–water partition coefficient (Wildman–Crippen LogP) is 2.82. The Morgan fingerprint density at radius 1 is 1.05 bits per heavy atom. The standard InChI is InChI=1S/C17H22N4/c1-3-18-17(19-4-2)21-13-14-8-7-9-15(12-14)16-10-5-6-11-20-16/h5-12H,3-4,13H2,1-2H3,(H2,18,19,21). The van der Waals surface area contributed by atoms with Gasteiger partial charge in [0.1, 0.15) is 0 Å². The molecule has 0 amide bonds. The Labute approximate surface area is 126 Å². The van der Waals surface area contributed by atoms with Gasteiger partial charge in [0.2, 0.25) is 0 Å². The first kappa shape index (κ1) is 15.0. The Hall–Kier alpha value is -2.36. The summed E-state index contributed by atoms with van der Waals surface area (Å²) < 4.78 is 0. The van der Waals surface area contributed by atoms with Crippen LogP contribution in [-0.2, 0) is 6.54 Å². The van der Waals surface area contributed by atoms with E-state index in [0.29, 0.717) is 6.54 Å². The van der Waals surface area contributed by atoms with Crippen LogP contribution in [0.1, 0.15) is 19.4 Å². The van der Waals surface area contributed by atoms with Gasteiger partial charge >= 0.3 is 0 Å². The number of benzene rings is 1. The average Bonchev–Trinajstić information content (AvgIpc) is 2.54. The molecule has 1 aromatic carbocycles. The summed E-state index contributed by atoms with van der Waals surface area (Å²) in [5.74, 6) is 0.850. The average molecular weight is 282 g/mol. The van der Waals surface area contributed by atoms with Gasteiger partial charge in [-0.15, -0.1) is 0 Å². The lowest BCUT2D eigenvalue weighted by molar-refractivity contribution is 0.839. The van der Waals surface area contributed by atoms with E-state index < -0.39 is 0 Å². The van der Waals surface area contributed by atoms with E-state index in [-0.39, 0.29) is 0 Å². The normalized spacial score (nSPS) is 10.0. The molecule has 0 spiro atoms. The molecule has 2 N–H and O–H groups in total. The molecule has 0 atom stereocenters. The molecule has 0 saturated heterocycles. The molecule has 1 heterocycles. The van der Waals surface area contributed by atoms with Gasteiger partial charge in [-0.25, -0.2) is 4.99 Å². The van der Waals surface area contributed by atoms with Gasteiger partial charge in [0.15, 0.2) is 5.96 Å². The van der Waals surface area contributed by atoms with Gasteiger partial charge in [0.05, 0.1) is 12.2 Å². The highest BCUT2D eigenvalue weighted by atomic mass is 15.2. The van der Waals surface area contributed by atoms with E-state index in [1.807, 2.05) is 24.4 Å². The minimum Gasteiger partial charge on any atom is -0.357 e. The minimum absolute atomic E-state index is 0.649. The Morgan fingerprint density at radius 2 is 1.86 bits per heavy atom. The first-order chi connectivity index (χ1) is 10.3. The van der Waals surface area contributed by atoms with E-state index in [1.54, 1.807) is 0 Å². The van der Waals surface area contributed by atoms with E-state index >= 15 is 0 Å². The van der Waals surface area contributed by atoms with Crippen LogP contribution in [0.4, 0.5) is 0 Å². The number of rotatable bonds is 5. The SMILES string of the molecule is CCNC(=NCc1cccc(-c2ccccn2)c1)NCC. The maximum Gasteiger partial charge on any atom is 0.191 e. The topological polar surface area (TPSA) is 49.3 Å². The molecule has 0 saturated carbocycles. The highest BCUT2D eigenvalue weighted by Gasteiger charge is 2.00. The zero-order chi connectivity index (χ0) is 14.9. The number of aliphatic imine (C=N–C) groups is 1. The molecule has 4 nitrogen and oxygen atoms in total. The van der Waals surface area contributed by atoms with Crippen LogP contribution in [0.3, 0.4) is 0 Å². The van der Waals surface area contributed by atoms with Gasteiger partial charge in [0, 0.05) is 24.8 Å². The second-order valence-corrected chi connectivity index (χ2v) is 4.64. The van der Waals surface area contributed by atoms with Gasteiger partial charge < -0.3 is 10.6 Å². The molecule has 0 unspecified atom stereocenters. The number of aromatic nitrogens is 1. The first-order valence-corrected chi connectivity index (χ1v) is 7.36. The number of guanidine groups is 1. The molecule has 110 valence electrons. The maximum absolute atomic E-state index is 4.58. The summed E-state index contributed by atoms with van der Waals surface area (Å²) in [4.78, 5) is 8.97. The summed E-state index contributed by atoms with van der Waals surface area (Å²) >= 11 is 0. The van der Waals surface area contributed by atoms with Crippen LogP contribution in [0.25, 0.3) is 11.3 Å². The van der Waals surface area contributed by atoms with Crippen molar-refractivity contribution in [2.75, 3.05) is 13.1 Å². The number of nitrogens with one attached hydrogen (secondary N) is 2. The second kappa shape index (κ2) is 8.04. The van der Waals surface area contributed by atoms with Gasteiger partial charge in [-0.2, -0.15) is 0 Å². The molecule has 0 bridgehead atoms. The Bertz CT molecular complexity index is 570. The molecule has 2 rings (SSSR count). The monoisotopic (exact) mass is 282 g/mol. The number of pyridine rings is 1.